The molecule has 5 nitrogen and oxygen atoms in total. The lowest BCUT2D eigenvalue weighted by Gasteiger charge is -2.07. The van der Waals surface area contributed by atoms with Gasteiger partial charge in [-0.05, 0) is 11.5 Å². The van der Waals surface area contributed by atoms with Crippen LogP contribution in [0.1, 0.15) is 0 Å². The van der Waals surface area contributed by atoms with E-state index in [2.05, 4.69) is 0 Å². The van der Waals surface area contributed by atoms with Crippen LogP contribution in [0, 0.1) is 0 Å². The molecular weight excluding hydrogens is 280 g/mol. The summed E-state index contributed by atoms with van der Waals surface area (Å²) in [5.41, 5.74) is -0.346. The highest BCUT2D eigenvalue weighted by molar-refractivity contribution is 7.86. The summed E-state index contributed by atoms with van der Waals surface area (Å²) in [5.74, 6) is -0.0236. The summed E-state index contributed by atoms with van der Waals surface area (Å²) in [4.78, 5) is 11.6. The lowest BCUT2D eigenvalue weighted by Crippen LogP contribution is -2.08. The third kappa shape index (κ3) is 2.25. The van der Waals surface area contributed by atoms with Crippen molar-refractivity contribution in [2.75, 3.05) is 6.26 Å². The summed E-state index contributed by atoms with van der Waals surface area (Å²) >= 11 is 0. The van der Waals surface area contributed by atoms with Crippen molar-refractivity contribution >= 4 is 31.9 Å². The molecule has 0 bridgehead atoms. The van der Waals surface area contributed by atoms with Crippen LogP contribution in [0.2, 0.25) is 0 Å². The van der Waals surface area contributed by atoms with Gasteiger partial charge in [-0.1, -0.05) is 30.3 Å². The fourth-order valence-corrected chi connectivity index (χ4v) is 2.56. The highest BCUT2D eigenvalue weighted by Crippen LogP contribution is 2.30. The van der Waals surface area contributed by atoms with Crippen molar-refractivity contribution in [2.24, 2.45) is 0 Å². The maximum atomic E-state index is 11.6. The van der Waals surface area contributed by atoms with Gasteiger partial charge in [-0.3, -0.25) is 0 Å². The van der Waals surface area contributed by atoms with Gasteiger partial charge in [-0.15, -0.1) is 0 Å². The molecule has 0 saturated heterocycles. The molecule has 6 heteroatoms. The summed E-state index contributed by atoms with van der Waals surface area (Å²) in [6, 6.07) is 11.9. The summed E-state index contributed by atoms with van der Waals surface area (Å²) in [6.07, 6.45) is 0.925. The van der Waals surface area contributed by atoms with Gasteiger partial charge in [0.05, 0.1) is 17.7 Å². The third-order valence-corrected chi connectivity index (χ3v) is 3.32. The zero-order valence-electron chi connectivity index (χ0n) is 10.5. The van der Waals surface area contributed by atoms with E-state index in [1.54, 1.807) is 12.1 Å². The first kappa shape index (κ1) is 12.7. The van der Waals surface area contributed by atoms with E-state index in [1.165, 1.54) is 0 Å². The minimum absolute atomic E-state index is 0.0236. The van der Waals surface area contributed by atoms with E-state index in [0.29, 0.717) is 11.0 Å². The fraction of sp³-hybridized carbons (Fsp3) is 0.0714. The molecule has 0 saturated carbocycles. The van der Waals surface area contributed by atoms with E-state index in [9.17, 15) is 13.2 Å². The number of benzene rings is 2. The van der Waals surface area contributed by atoms with Crippen molar-refractivity contribution in [2.45, 2.75) is 0 Å². The fourth-order valence-electron chi connectivity index (χ4n) is 2.09. The molecule has 0 atom stereocenters. The van der Waals surface area contributed by atoms with Crippen molar-refractivity contribution in [1.82, 2.24) is 0 Å². The van der Waals surface area contributed by atoms with Gasteiger partial charge in [-0.2, -0.15) is 8.42 Å². The highest BCUT2D eigenvalue weighted by Gasteiger charge is 2.13. The number of fused-ring (bicyclic) bond motifs is 3. The molecule has 1 aromatic heterocycles. The van der Waals surface area contributed by atoms with Crippen molar-refractivity contribution in [3.05, 3.63) is 52.9 Å². The van der Waals surface area contributed by atoms with Crippen LogP contribution >= 0.6 is 0 Å². The maximum absolute atomic E-state index is 11.6. The predicted molar refractivity (Wildman–Crippen MR) is 75.5 cm³/mol. The molecule has 2 aromatic carbocycles. The SMILES string of the molecule is CS(=O)(=O)Oc1cc(=O)oc2c1ccc1ccccc12. The van der Waals surface area contributed by atoms with Gasteiger partial charge >= 0.3 is 15.7 Å². The Balaban J connectivity index is 2.43. The minimum atomic E-state index is -3.72. The second-order valence-corrected chi connectivity index (χ2v) is 5.96. The molecule has 0 fully saturated rings. The first-order valence-electron chi connectivity index (χ1n) is 5.79. The largest absolute Gasteiger partial charge is 0.422 e. The molecule has 0 aliphatic heterocycles. The molecule has 0 amide bonds. The maximum Gasteiger partial charge on any atom is 0.340 e. The van der Waals surface area contributed by atoms with Crippen LogP contribution in [0.25, 0.3) is 21.7 Å². The van der Waals surface area contributed by atoms with Gasteiger partial charge in [-0.25, -0.2) is 4.79 Å². The van der Waals surface area contributed by atoms with Crippen LogP contribution in [0.3, 0.4) is 0 Å². The molecule has 0 aliphatic rings. The molecular formula is C14H10O5S. The van der Waals surface area contributed by atoms with E-state index in [4.69, 9.17) is 8.60 Å². The molecule has 102 valence electrons. The lowest BCUT2D eigenvalue weighted by molar-refractivity contribution is 0.488. The molecule has 0 radical (unpaired) electrons. The Kier molecular flexibility index (Phi) is 2.76. The Hall–Kier alpha value is -2.34. The van der Waals surface area contributed by atoms with Crippen LogP contribution < -0.4 is 9.81 Å². The molecule has 20 heavy (non-hydrogen) atoms. The first-order valence-corrected chi connectivity index (χ1v) is 7.61. The van der Waals surface area contributed by atoms with E-state index in [-0.39, 0.29) is 5.75 Å². The van der Waals surface area contributed by atoms with Gasteiger partial charge in [0.25, 0.3) is 0 Å². The minimum Gasteiger partial charge on any atom is -0.422 e. The van der Waals surface area contributed by atoms with Gasteiger partial charge in [0.2, 0.25) is 0 Å². The topological polar surface area (TPSA) is 73.6 Å². The second kappa shape index (κ2) is 4.35. The molecule has 0 spiro atoms. The Morgan fingerprint density at radius 3 is 2.55 bits per heavy atom. The summed E-state index contributed by atoms with van der Waals surface area (Å²) in [7, 11) is -3.72. The number of rotatable bonds is 2. The van der Waals surface area contributed by atoms with E-state index < -0.39 is 15.7 Å². The van der Waals surface area contributed by atoms with Crippen LogP contribution in [0.4, 0.5) is 0 Å². The molecule has 3 rings (SSSR count). The Bertz CT molecular complexity index is 970. The van der Waals surface area contributed by atoms with Crippen LogP contribution in [-0.2, 0) is 10.1 Å². The zero-order valence-corrected chi connectivity index (χ0v) is 11.3. The molecule has 3 aromatic rings. The quantitative estimate of drug-likeness (QED) is 0.411. The van der Waals surface area contributed by atoms with Crippen LogP contribution in [0.5, 0.6) is 5.75 Å². The Labute approximate surface area is 114 Å². The van der Waals surface area contributed by atoms with Crippen LogP contribution in [-0.4, -0.2) is 14.7 Å². The van der Waals surface area contributed by atoms with Gasteiger partial charge in [0.15, 0.2) is 5.75 Å². The van der Waals surface area contributed by atoms with Crippen LogP contribution in [0.15, 0.2) is 51.7 Å². The molecule has 0 unspecified atom stereocenters. The smallest absolute Gasteiger partial charge is 0.340 e. The summed E-state index contributed by atoms with van der Waals surface area (Å²) < 4.78 is 32.6. The van der Waals surface area contributed by atoms with Crippen molar-refractivity contribution in [3.63, 3.8) is 0 Å². The Morgan fingerprint density at radius 2 is 1.80 bits per heavy atom. The van der Waals surface area contributed by atoms with Crippen molar-refractivity contribution < 1.29 is 17.0 Å². The average Bonchev–Trinajstić information content (AvgIpc) is 2.36. The summed E-state index contributed by atoms with van der Waals surface area (Å²) in [6.45, 7) is 0. The van der Waals surface area contributed by atoms with E-state index >= 15 is 0 Å². The lowest BCUT2D eigenvalue weighted by atomic mass is 10.1. The Morgan fingerprint density at radius 1 is 1.05 bits per heavy atom. The average molecular weight is 290 g/mol. The molecule has 0 N–H and O–H groups in total. The van der Waals surface area contributed by atoms with Gasteiger partial charge < -0.3 is 8.60 Å². The normalized spacial score (nSPS) is 11.8. The highest BCUT2D eigenvalue weighted by atomic mass is 32.2. The van der Waals surface area contributed by atoms with Crippen molar-refractivity contribution in [3.8, 4) is 5.75 Å². The zero-order chi connectivity index (χ0) is 14.3. The third-order valence-electron chi connectivity index (χ3n) is 2.84. The summed E-state index contributed by atoms with van der Waals surface area (Å²) in [5, 5.41) is 2.05. The standard InChI is InChI=1S/C14H10O5S/c1-20(16,17)19-12-8-13(15)18-14-10-5-3-2-4-9(10)6-7-11(12)14/h2-8H,1H3. The van der Waals surface area contributed by atoms with Crippen molar-refractivity contribution in [1.29, 1.82) is 0 Å². The second-order valence-electron chi connectivity index (χ2n) is 4.38. The van der Waals surface area contributed by atoms with Gasteiger partial charge in [0, 0.05) is 5.39 Å². The number of hydrogen-bond donors (Lipinski definition) is 0. The monoisotopic (exact) mass is 290 g/mol. The predicted octanol–water partition coefficient (Wildman–Crippen LogP) is 2.28. The van der Waals surface area contributed by atoms with E-state index in [0.717, 1.165) is 23.1 Å². The first-order chi connectivity index (χ1) is 9.44. The molecule has 1 heterocycles. The van der Waals surface area contributed by atoms with Gasteiger partial charge in [0.1, 0.15) is 5.58 Å². The van der Waals surface area contributed by atoms with E-state index in [1.807, 2.05) is 24.3 Å². The number of hydrogen-bond acceptors (Lipinski definition) is 5. The molecule has 0 aliphatic carbocycles.